The van der Waals surface area contributed by atoms with Gasteiger partial charge >= 0.3 is 5.97 Å². The molecule has 0 aliphatic rings. The van der Waals surface area contributed by atoms with Crippen molar-refractivity contribution in [2.24, 2.45) is 0 Å². The van der Waals surface area contributed by atoms with Crippen LogP contribution >= 0.6 is 11.8 Å². The lowest BCUT2D eigenvalue weighted by Gasteiger charge is -2.18. The van der Waals surface area contributed by atoms with Gasteiger partial charge in [-0.1, -0.05) is 30.3 Å². The van der Waals surface area contributed by atoms with Crippen LogP contribution in [0.4, 0.5) is 0 Å². The molecule has 1 unspecified atom stereocenters. The average molecular weight is 388 g/mol. The first kappa shape index (κ1) is 20.8. The van der Waals surface area contributed by atoms with Crippen molar-refractivity contribution < 1.29 is 19.1 Å². The maximum Gasteiger partial charge on any atom is 0.319 e. The standard InChI is InChI=1S/C21H25NO4S/c1-4-25-18-12-10-17(11-13-18)14-22(3)20(23)15-26-21(24)16(2)27-19-8-6-5-7-9-19/h5-13,16H,4,14-15H2,1-3H3. The van der Waals surface area contributed by atoms with E-state index in [1.165, 1.54) is 16.7 Å². The van der Waals surface area contributed by atoms with Crippen molar-refractivity contribution in [3.8, 4) is 5.75 Å². The zero-order valence-electron chi connectivity index (χ0n) is 15.9. The highest BCUT2D eigenvalue weighted by molar-refractivity contribution is 8.00. The Morgan fingerprint density at radius 1 is 1.07 bits per heavy atom. The molecule has 0 bridgehead atoms. The Bertz CT molecular complexity index is 734. The zero-order valence-corrected chi connectivity index (χ0v) is 16.7. The van der Waals surface area contributed by atoms with Crippen LogP contribution in [0.3, 0.4) is 0 Å². The fourth-order valence-electron chi connectivity index (χ4n) is 2.33. The summed E-state index contributed by atoms with van der Waals surface area (Å²) in [5.41, 5.74) is 0.980. The summed E-state index contributed by atoms with van der Waals surface area (Å²) in [7, 11) is 1.69. The Labute approximate surface area is 164 Å². The lowest BCUT2D eigenvalue weighted by atomic mass is 10.2. The van der Waals surface area contributed by atoms with Gasteiger partial charge in [0.15, 0.2) is 6.61 Å². The molecule has 0 N–H and O–H groups in total. The molecule has 1 amide bonds. The zero-order chi connectivity index (χ0) is 19.6. The van der Waals surface area contributed by atoms with Crippen LogP contribution in [-0.2, 0) is 20.9 Å². The number of amides is 1. The van der Waals surface area contributed by atoms with Crippen LogP contribution in [0.5, 0.6) is 5.75 Å². The molecule has 0 aliphatic heterocycles. The Morgan fingerprint density at radius 3 is 2.37 bits per heavy atom. The molecule has 5 nitrogen and oxygen atoms in total. The first-order valence-corrected chi connectivity index (χ1v) is 9.71. The third-order valence-corrected chi connectivity index (χ3v) is 4.90. The third-order valence-electron chi connectivity index (χ3n) is 3.81. The summed E-state index contributed by atoms with van der Waals surface area (Å²) < 4.78 is 10.6. The number of likely N-dealkylation sites (N-methyl/N-ethyl adjacent to an activating group) is 1. The molecule has 1 atom stereocenters. The van der Waals surface area contributed by atoms with Crippen LogP contribution < -0.4 is 4.74 Å². The smallest absolute Gasteiger partial charge is 0.319 e. The Kier molecular flexibility index (Phi) is 8.20. The van der Waals surface area contributed by atoms with Gasteiger partial charge in [0.05, 0.1) is 6.61 Å². The number of carbonyl (C=O) groups excluding carboxylic acids is 2. The second-order valence-corrected chi connectivity index (χ2v) is 7.42. The topological polar surface area (TPSA) is 55.8 Å². The maximum atomic E-state index is 12.2. The van der Waals surface area contributed by atoms with Gasteiger partial charge in [-0.3, -0.25) is 9.59 Å². The average Bonchev–Trinajstić information content (AvgIpc) is 2.68. The van der Waals surface area contributed by atoms with E-state index in [4.69, 9.17) is 9.47 Å². The first-order valence-electron chi connectivity index (χ1n) is 8.83. The molecule has 2 aromatic rings. The first-order chi connectivity index (χ1) is 13.0. The van der Waals surface area contributed by atoms with Crippen LogP contribution in [0.2, 0.25) is 0 Å². The lowest BCUT2D eigenvalue weighted by molar-refractivity contribution is -0.151. The van der Waals surface area contributed by atoms with E-state index in [1.54, 1.807) is 14.0 Å². The number of carbonyl (C=O) groups is 2. The largest absolute Gasteiger partial charge is 0.494 e. The van der Waals surface area contributed by atoms with E-state index in [-0.39, 0.29) is 17.8 Å². The molecule has 0 saturated carbocycles. The van der Waals surface area contributed by atoms with Crippen molar-refractivity contribution in [2.75, 3.05) is 20.3 Å². The van der Waals surface area contributed by atoms with Crippen molar-refractivity contribution in [3.63, 3.8) is 0 Å². The van der Waals surface area contributed by atoms with Gasteiger partial charge in [-0.2, -0.15) is 0 Å². The number of nitrogens with zero attached hydrogens (tertiary/aromatic N) is 1. The number of thioether (sulfide) groups is 1. The van der Waals surface area contributed by atoms with Gasteiger partial charge in [0.25, 0.3) is 5.91 Å². The minimum Gasteiger partial charge on any atom is -0.494 e. The Hall–Kier alpha value is -2.47. The summed E-state index contributed by atoms with van der Waals surface area (Å²) in [5.74, 6) is 0.162. The van der Waals surface area contributed by atoms with Crippen molar-refractivity contribution >= 4 is 23.6 Å². The predicted molar refractivity (Wildman–Crippen MR) is 107 cm³/mol. The summed E-state index contributed by atoms with van der Waals surface area (Å²) in [6, 6.07) is 17.2. The highest BCUT2D eigenvalue weighted by Crippen LogP contribution is 2.23. The molecule has 2 aromatic carbocycles. The van der Waals surface area contributed by atoms with Crippen molar-refractivity contribution in [1.82, 2.24) is 4.90 Å². The van der Waals surface area contributed by atoms with E-state index < -0.39 is 5.97 Å². The summed E-state index contributed by atoms with van der Waals surface area (Å²) in [6.45, 7) is 4.50. The predicted octanol–water partition coefficient (Wildman–Crippen LogP) is 3.77. The number of hydrogen-bond donors (Lipinski definition) is 0. The summed E-state index contributed by atoms with van der Waals surface area (Å²) in [5, 5.41) is -0.378. The molecular formula is C21H25NO4S. The molecule has 0 radical (unpaired) electrons. The molecule has 0 fully saturated rings. The molecule has 0 spiro atoms. The van der Waals surface area contributed by atoms with Crippen LogP contribution in [0, 0.1) is 0 Å². The normalized spacial score (nSPS) is 11.5. The molecule has 2 rings (SSSR count). The summed E-state index contributed by atoms with van der Waals surface area (Å²) in [6.07, 6.45) is 0. The molecule has 0 aliphatic carbocycles. The quantitative estimate of drug-likeness (QED) is 0.484. The van der Waals surface area contributed by atoms with E-state index in [9.17, 15) is 9.59 Å². The van der Waals surface area contributed by atoms with Gasteiger partial charge in [0.1, 0.15) is 11.0 Å². The van der Waals surface area contributed by atoms with E-state index in [0.717, 1.165) is 16.2 Å². The molecule has 27 heavy (non-hydrogen) atoms. The van der Waals surface area contributed by atoms with Gasteiger partial charge in [-0.05, 0) is 43.7 Å². The second-order valence-electron chi connectivity index (χ2n) is 6.01. The molecule has 0 aromatic heterocycles. The van der Waals surface area contributed by atoms with E-state index >= 15 is 0 Å². The number of esters is 1. The van der Waals surface area contributed by atoms with Gasteiger partial charge < -0.3 is 14.4 Å². The second kappa shape index (κ2) is 10.6. The molecule has 6 heteroatoms. The maximum absolute atomic E-state index is 12.2. The fourth-order valence-corrected chi connectivity index (χ4v) is 3.22. The van der Waals surface area contributed by atoms with Crippen LogP contribution in [0.15, 0.2) is 59.5 Å². The molecule has 144 valence electrons. The molecule has 0 saturated heterocycles. The third kappa shape index (κ3) is 6.98. The van der Waals surface area contributed by atoms with E-state index in [1.807, 2.05) is 61.5 Å². The van der Waals surface area contributed by atoms with Crippen molar-refractivity contribution in [1.29, 1.82) is 0 Å². The molecule has 0 heterocycles. The number of rotatable bonds is 9. The molecular weight excluding hydrogens is 362 g/mol. The van der Waals surface area contributed by atoms with Crippen LogP contribution in [0.25, 0.3) is 0 Å². The summed E-state index contributed by atoms with van der Waals surface area (Å²) >= 11 is 1.41. The highest BCUT2D eigenvalue weighted by Gasteiger charge is 2.18. The fraction of sp³-hybridized carbons (Fsp3) is 0.333. The van der Waals surface area contributed by atoms with Crippen molar-refractivity contribution in [3.05, 3.63) is 60.2 Å². The monoisotopic (exact) mass is 387 g/mol. The van der Waals surface area contributed by atoms with Gasteiger partial charge in [0, 0.05) is 18.5 Å². The highest BCUT2D eigenvalue weighted by atomic mass is 32.2. The van der Waals surface area contributed by atoms with Crippen LogP contribution in [0.1, 0.15) is 19.4 Å². The van der Waals surface area contributed by atoms with Crippen molar-refractivity contribution in [2.45, 2.75) is 30.5 Å². The van der Waals surface area contributed by atoms with Crippen LogP contribution in [-0.4, -0.2) is 42.3 Å². The Morgan fingerprint density at radius 2 is 1.74 bits per heavy atom. The Balaban J connectivity index is 1.77. The van der Waals surface area contributed by atoms with E-state index in [0.29, 0.717) is 13.2 Å². The summed E-state index contributed by atoms with van der Waals surface area (Å²) in [4.78, 5) is 26.9. The van der Waals surface area contributed by atoms with Gasteiger partial charge in [0.2, 0.25) is 0 Å². The lowest BCUT2D eigenvalue weighted by Crippen LogP contribution is -2.32. The SMILES string of the molecule is CCOc1ccc(CN(C)C(=O)COC(=O)C(C)Sc2ccccc2)cc1. The number of benzene rings is 2. The van der Waals surface area contributed by atoms with Gasteiger partial charge in [-0.25, -0.2) is 0 Å². The minimum absolute atomic E-state index is 0.242. The van der Waals surface area contributed by atoms with E-state index in [2.05, 4.69) is 0 Å². The minimum atomic E-state index is -0.397. The number of hydrogen-bond acceptors (Lipinski definition) is 5. The number of ether oxygens (including phenoxy) is 2. The van der Waals surface area contributed by atoms with Gasteiger partial charge in [-0.15, -0.1) is 11.8 Å².